The molecule has 1 saturated heterocycles. The lowest BCUT2D eigenvalue weighted by atomic mass is 9.83. The van der Waals surface area contributed by atoms with Gasteiger partial charge in [-0.3, -0.25) is 14.5 Å². The molecule has 0 radical (unpaired) electrons. The second-order valence-electron chi connectivity index (χ2n) is 9.90. The molecule has 2 aliphatic heterocycles. The number of fused-ring (bicyclic) bond motifs is 1. The van der Waals surface area contributed by atoms with Gasteiger partial charge in [-0.15, -0.1) is 0 Å². The van der Waals surface area contributed by atoms with Crippen LogP contribution in [-0.2, 0) is 11.0 Å². The minimum atomic E-state index is -4.70. The third kappa shape index (κ3) is 5.36. The van der Waals surface area contributed by atoms with Gasteiger partial charge in [-0.25, -0.2) is 9.78 Å². The second-order valence-corrected chi connectivity index (χ2v) is 10.3. The van der Waals surface area contributed by atoms with Crippen molar-refractivity contribution >= 4 is 29.0 Å². The van der Waals surface area contributed by atoms with E-state index in [2.05, 4.69) is 29.5 Å². The Morgan fingerprint density at radius 3 is 2.58 bits per heavy atom. The Hall–Kier alpha value is -3.05. The lowest BCUT2D eigenvalue weighted by molar-refractivity contribution is -0.138. The van der Waals surface area contributed by atoms with Crippen LogP contribution in [0.3, 0.4) is 0 Å². The van der Waals surface area contributed by atoms with Gasteiger partial charge in [-0.05, 0) is 37.3 Å². The molecule has 0 saturated carbocycles. The quantitative estimate of drug-likeness (QED) is 0.542. The SMILES string of the molecule is C[C@@H](NC1NC=C(Cl)C=C1C(=O)O)c1cc(C(F)(F)F)cn2c(=O)cc(N3CCC(C)(C)CC3)nc12. The number of aliphatic carboxylic acids is 1. The standard InChI is InChI=1S/C24H27ClF3N5O3/c1-13(30-20-17(22(35)36)9-15(25)11-29-20)16-8-14(24(26,27)28)12-33-19(34)10-18(31-21(16)33)32-6-4-23(2,3)5-7-32/h8-13,20,29-30H,4-7H2,1-3H3,(H,35,36)/t13-,20?/m1/s1. The third-order valence-corrected chi connectivity index (χ3v) is 6.88. The minimum absolute atomic E-state index is 0.0700. The molecule has 194 valence electrons. The van der Waals surface area contributed by atoms with Crippen molar-refractivity contribution in [3.8, 4) is 0 Å². The van der Waals surface area contributed by atoms with Crippen molar-refractivity contribution in [3.05, 3.63) is 62.7 Å². The van der Waals surface area contributed by atoms with Crippen LogP contribution in [0.25, 0.3) is 5.65 Å². The van der Waals surface area contributed by atoms with Crippen LogP contribution in [-0.4, -0.2) is 39.7 Å². The van der Waals surface area contributed by atoms with Crippen molar-refractivity contribution in [2.24, 2.45) is 5.41 Å². The number of nitrogens with one attached hydrogen (secondary N) is 2. The summed E-state index contributed by atoms with van der Waals surface area (Å²) >= 11 is 5.90. The van der Waals surface area contributed by atoms with Gasteiger partial charge in [0.15, 0.2) is 0 Å². The van der Waals surface area contributed by atoms with E-state index in [9.17, 15) is 27.9 Å². The first-order valence-electron chi connectivity index (χ1n) is 11.5. The van der Waals surface area contributed by atoms with Crippen molar-refractivity contribution in [2.45, 2.75) is 52.0 Å². The van der Waals surface area contributed by atoms with Gasteiger partial charge >= 0.3 is 12.1 Å². The Kier molecular flexibility index (Phi) is 6.82. The fourth-order valence-electron chi connectivity index (χ4n) is 4.38. The predicted molar refractivity (Wildman–Crippen MR) is 130 cm³/mol. The summed E-state index contributed by atoms with van der Waals surface area (Å²) in [4.78, 5) is 31.2. The summed E-state index contributed by atoms with van der Waals surface area (Å²) in [6.07, 6.45) is -0.471. The van der Waals surface area contributed by atoms with E-state index in [4.69, 9.17) is 11.6 Å². The molecule has 2 aromatic heterocycles. The fraction of sp³-hybridized carbons (Fsp3) is 0.458. The number of hydrogen-bond donors (Lipinski definition) is 3. The molecule has 0 spiro atoms. The van der Waals surface area contributed by atoms with E-state index in [-0.39, 0.29) is 27.2 Å². The summed E-state index contributed by atoms with van der Waals surface area (Å²) in [6.45, 7) is 7.26. The molecule has 12 heteroatoms. The first kappa shape index (κ1) is 26.0. The van der Waals surface area contributed by atoms with Gasteiger partial charge in [0.2, 0.25) is 0 Å². The number of carboxylic acids is 1. The Morgan fingerprint density at radius 1 is 1.31 bits per heavy atom. The number of alkyl halides is 3. The average Bonchev–Trinajstić information content (AvgIpc) is 2.78. The van der Waals surface area contributed by atoms with Crippen LogP contribution in [0.15, 0.2) is 46.0 Å². The van der Waals surface area contributed by atoms with Crippen LogP contribution >= 0.6 is 11.6 Å². The smallest absolute Gasteiger partial charge is 0.417 e. The molecule has 1 unspecified atom stereocenters. The highest BCUT2D eigenvalue weighted by Gasteiger charge is 2.34. The molecule has 36 heavy (non-hydrogen) atoms. The van der Waals surface area contributed by atoms with E-state index in [1.54, 1.807) is 6.92 Å². The van der Waals surface area contributed by atoms with Crippen molar-refractivity contribution < 1.29 is 23.1 Å². The Morgan fingerprint density at radius 2 is 1.97 bits per heavy atom. The Labute approximate surface area is 210 Å². The van der Waals surface area contributed by atoms with E-state index < -0.39 is 35.5 Å². The number of halogens is 4. The molecule has 0 aliphatic carbocycles. The fourth-order valence-corrected chi connectivity index (χ4v) is 4.56. The Bertz CT molecular complexity index is 1310. The molecule has 4 heterocycles. The summed E-state index contributed by atoms with van der Waals surface area (Å²) in [7, 11) is 0. The van der Waals surface area contributed by atoms with Gasteiger partial charge in [0.25, 0.3) is 5.56 Å². The first-order chi connectivity index (χ1) is 16.7. The van der Waals surface area contributed by atoms with Gasteiger partial charge in [0.1, 0.15) is 17.6 Å². The molecule has 4 rings (SSSR count). The molecule has 1 fully saturated rings. The molecule has 2 aliphatic rings. The highest BCUT2D eigenvalue weighted by Crippen LogP contribution is 2.34. The maximum Gasteiger partial charge on any atom is 0.417 e. The summed E-state index contributed by atoms with van der Waals surface area (Å²) in [5.74, 6) is -0.836. The number of pyridine rings is 1. The van der Waals surface area contributed by atoms with Crippen LogP contribution in [0, 0.1) is 5.41 Å². The molecule has 3 N–H and O–H groups in total. The molecule has 0 aromatic carbocycles. The van der Waals surface area contributed by atoms with Gasteiger partial charge in [-0.2, -0.15) is 13.2 Å². The van der Waals surface area contributed by atoms with Crippen molar-refractivity contribution in [1.29, 1.82) is 0 Å². The highest BCUT2D eigenvalue weighted by molar-refractivity contribution is 6.31. The summed E-state index contributed by atoms with van der Waals surface area (Å²) in [5.41, 5.74) is -1.41. The minimum Gasteiger partial charge on any atom is -0.478 e. The summed E-state index contributed by atoms with van der Waals surface area (Å²) in [6, 6.07) is 1.38. The summed E-state index contributed by atoms with van der Waals surface area (Å²) < 4.78 is 42.0. The van der Waals surface area contributed by atoms with Crippen LogP contribution < -0.4 is 21.1 Å². The van der Waals surface area contributed by atoms with Crippen LogP contribution in [0.5, 0.6) is 0 Å². The number of carboxylic acid groups (broad SMARTS) is 1. The molecule has 2 aromatic rings. The van der Waals surface area contributed by atoms with Crippen LogP contribution in [0.4, 0.5) is 19.0 Å². The monoisotopic (exact) mass is 525 g/mol. The second kappa shape index (κ2) is 9.44. The average molecular weight is 526 g/mol. The van der Waals surface area contributed by atoms with Crippen LogP contribution in [0.1, 0.15) is 50.8 Å². The van der Waals surface area contributed by atoms with Crippen molar-refractivity contribution in [2.75, 3.05) is 18.0 Å². The number of anilines is 1. The van der Waals surface area contributed by atoms with E-state index in [1.165, 1.54) is 18.3 Å². The zero-order valence-electron chi connectivity index (χ0n) is 20.0. The van der Waals surface area contributed by atoms with E-state index in [0.717, 1.165) is 29.5 Å². The van der Waals surface area contributed by atoms with E-state index in [1.807, 2.05) is 4.90 Å². The number of nitrogens with zero attached hydrogens (tertiary/aromatic N) is 3. The molecular formula is C24H27ClF3N5O3. The predicted octanol–water partition coefficient (Wildman–Crippen LogP) is 4.01. The normalized spacial score (nSPS) is 21.0. The van der Waals surface area contributed by atoms with Crippen molar-refractivity contribution in [3.63, 3.8) is 0 Å². The number of allylic oxidation sites excluding steroid dienone is 2. The molecule has 2 atom stereocenters. The molecule has 8 nitrogen and oxygen atoms in total. The topological polar surface area (TPSA) is 99.0 Å². The first-order valence-corrected chi connectivity index (χ1v) is 11.9. The largest absolute Gasteiger partial charge is 0.478 e. The van der Waals surface area contributed by atoms with Gasteiger partial charge in [-0.1, -0.05) is 25.4 Å². The number of hydrogen-bond acceptors (Lipinski definition) is 6. The molecule has 0 bridgehead atoms. The number of aromatic nitrogens is 2. The highest BCUT2D eigenvalue weighted by atomic mass is 35.5. The zero-order chi connectivity index (χ0) is 26.4. The van der Waals surface area contributed by atoms with Crippen LogP contribution in [0.2, 0.25) is 0 Å². The number of dihydropyridines is 1. The van der Waals surface area contributed by atoms with Crippen molar-refractivity contribution in [1.82, 2.24) is 20.0 Å². The van der Waals surface area contributed by atoms with Gasteiger partial charge in [0, 0.05) is 43.2 Å². The maximum absolute atomic E-state index is 13.7. The Balaban J connectivity index is 1.78. The van der Waals surface area contributed by atoms with Gasteiger partial charge < -0.3 is 15.3 Å². The summed E-state index contributed by atoms with van der Waals surface area (Å²) in [5, 5.41) is 15.5. The van der Waals surface area contributed by atoms with Gasteiger partial charge in [0.05, 0.1) is 16.2 Å². The molecular weight excluding hydrogens is 499 g/mol. The van der Waals surface area contributed by atoms with E-state index >= 15 is 0 Å². The third-order valence-electron chi connectivity index (χ3n) is 6.67. The zero-order valence-corrected chi connectivity index (χ0v) is 20.7. The lowest BCUT2D eigenvalue weighted by Gasteiger charge is -2.37. The number of piperidine rings is 1. The van der Waals surface area contributed by atoms with E-state index in [0.29, 0.717) is 18.9 Å². The number of rotatable bonds is 5. The number of carbonyl (C=O) groups is 1. The lowest BCUT2D eigenvalue weighted by Crippen LogP contribution is -2.46. The molecule has 0 amide bonds. The maximum atomic E-state index is 13.7.